The Morgan fingerprint density at radius 3 is 2.65 bits per heavy atom. The van der Waals surface area contributed by atoms with E-state index in [-0.39, 0.29) is 12.0 Å². The summed E-state index contributed by atoms with van der Waals surface area (Å²) < 4.78 is 10.9. The molecule has 1 saturated carbocycles. The van der Waals surface area contributed by atoms with E-state index in [0.717, 1.165) is 12.8 Å². The minimum Gasteiger partial charge on any atom is -0.491 e. The first-order valence-electron chi connectivity index (χ1n) is 5.53. The van der Waals surface area contributed by atoms with Crippen LogP contribution in [0.15, 0.2) is 12.4 Å². The second-order valence-corrected chi connectivity index (χ2v) is 4.24. The van der Waals surface area contributed by atoms with Crippen LogP contribution in [-0.2, 0) is 0 Å². The third-order valence-corrected chi connectivity index (χ3v) is 2.53. The number of pyridine rings is 1. The largest absolute Gasteiger partial charge is 0.491 e. The molecule has 1 aromatic rings. The van der Waals surface area contributed by atoms with Crippen molar-refractivity contribution in [2.75, 3.05) is 21.2 Å². The number of aromatic nitrogens is 1. The zero-order valence-electron chi connectivity index (χ0n) is 10.3. The van der Waals surface area contributed by atoms with Gasteiger partial charge in [-0.3, -0.25) is 9.78 Å². The van der Waals surface area contributed by atoms with E-state index in [1.807, 2.05) is 0 Å². The van der Waals surface area contributed by atoms with Crippen LogP contribution in [0.3, 0.4) is 0 Å². The summed E-state index contributed by atoms with van der Waals surface area (Å²) in [5.74, 6) is 0.875. The average Bonchev–Trinajstić information content (AvgIpc) is 3.12. The van der Waals surface area contributed by atoms with Crippen molar-refractivity contribution in [1.29, 1.82) is 0 Å². The van der Waals surface area contributed by atoms with E-state index in [1.165, 1.54) is 11.1 Å². The average molecular weight is 236 g/mol. The fourth-order valence-electron chi connectivity index (χ4n) is 1.44. The zero-order chi connectivity index (χ0) is 12.4. The summed E-state index contributed by atoms with van der Waals surface area (Å²) in [7, 11) is 4.94. The molecule has 17 heavy (non-hydrogen) atoms. The topological polar surface area (TPSA) is 51.7 Å². The standard InChI is InChI=1S/C12H16N2O3/c1-14(2)12(15)9-6-13-7-10(16-3)11(9)17-8-4-5-8/h6-8H,4-5H2,1-3H3. The summed E-state index contributed by atoms with van der Waals surface area (Å²) in [5.41, 5.74) is 0.446. The Labute approximate surface area is 100 Å². The fraction of sp³-hybridized carbons (Fsp3) is 0.500. The van der Waals surface area contributed by atoms with Gasteiger partial charge in [-0.05, 0) is 12.8 Å². The van der Waals surface area contributed by atoms with Gasteiger partial charge in [0, 0.05) is 20.3 Å². The van der Waals surface area contributed by atoms with Gasteiger partial charge >= 0.3 is 0 Å². The van der Waals surface area contributed by atoms with Gasteiger partial charge < -0.3 is 14.4 Å². The number of hydrogen-bond donors (Lipinski definition) is 0. The van der Waals surface area contributed by atoms with Crippen LogP contribution in [0.25, 0.3) is 0 Å². The van der Waals surface area contributed by atoms with Gasteiger partial charge in [-0.1, -0.05) is 0 Å². The van der Waals surface area contributed by atoms with Gasteiger partial charge in [-0.2, -0.15) is 0 Å². The SMILES string of the molecule is COc1cncc(C(=O)N(C)C)c1OC1CC1. The van der Waals surface area contributed by atoms with Gasteiger partial charge in [-0.25, -0.2) is 0 Å². The van der Waals surface area contributed by atoms with E-state index < -0.39 is 0 Å². The molecular weight excluding hydrogens is 220 g/mol. The number of ether oxygens (including phenoxy) is 2. The predicted molar refractivity (Wildman–Crippen MR) is 62.5 cm³/mol. The lowest BCUT2D eigenvalue weighted by molar-refractivity contribution is 0.0821. The summed E-state index contributed by atoms with van der Waals surface area (Å²) in [6.45, 7) is 0. The molecule has 0 aliphatic heterocycles. The van der Waals surface area contributed by atoms with Crippen molar-refractivity contribution < 1.29 is 14.3 Å². The molecule has 0 spiro atoms. The number of amides is 1. The molecule has 0 aromatic carbocycles. The lowest BCUT2D eigenvalue weighted by atomic mass is 10.2. The van der Waals surface area contributed by atoms with Gasteiger partial charge in [0.05, 0.1) is 19.4 Å². The fourth-order valence-corrected chi connectivity index (χ4v) is 1.44. The maximum absolute atomic E-state index is 12.0. The summed E-state index contributed by atoms with van der Waals surface area (Å²) in [4.78, 5) is 17.5. The molecule has 0 bridgehead atoms. The van der Waals surface area contributed by atoms with Crippen molar-refractivity contribution >= 4 is 5.91 Å². The van der Waals surface area contributed by atoms with Crippen molar-refractivity contribution in [2.45, 2.75) is 18.9 Å². The molecule has 5 nitrogen and oxygen atoms in total. The lowest BCUT2D eigenvalue weighted by Gasteiger charge is -2.16. The van der Waals surface area contributed by atoms with Crippen LogP contribution in [-0.4, -0.2) is 43.1 Å². The molecule has 1 aromatic heterocycles. The van der Waals surface area contributed by atoms with E-state index >= 15 is 0 Å². The highest BCUT2D eigenvalue weighted by molar-refractivity contribution is 5.97. The number of carbonyl (C=O) groups is 1. The lowest BCUT2D eigenvalue weighted by Crippen LogP contribution is -2.23. The minimum absolute atomic E-state index is 0.132. The highest BCUT2D eigenvalue weighted by Crippen LogP contribution is 2.36. The number of hydrogen-bond acceptors (Lipinski definition) is 4. The quantitative estimate of drug-likeness (QED) is 0.791. The number of methoxy groups -OCH3 is 1. The molecule has 5 heteroatoms. The van der Waals surface area contributed by atoms with Crippen LogP contribution < -0.4 is 9.47 Å². The van der Waals surface area contributed by atoms with E-state index in [1.54, 1.807) is 27.4 Å². The van der Waals surface area contributed by atoms with Crippen molar-refractivity contribution in [3.05, 3.63) is 18.0 Å². The molecule has 1 fully saturated rings. The van der Waals surface area contributed by atoms with E-state index in [4.69, 9.17) is 9.47 Å². The van der Waals surface area contributed by atoms with E-state index in [9.17, 15) is 4.79 Å². The van der Waals surface area contributed by atoms with Crippen LogP contribution in [0.2, 0.25) is 0 Å². The van der Waals surface area contributed by atoms with Crippen LogP contribution in [0, 0.1) is 0 Å². The molecule has 0 N–H and O–H groups in total. The van der Waals surface area contributed by atoms with E-state index in [2.05, 4.69) is 4.98 Å². The molecule has 0 atom stereocenters. The summed E-state index contributed by atoms with van der Waals surface area (Å²) in [6.07, 6.45) is 5.34. The Morgan fingerprint density at radius 1 is 1.41 bits per heavy atom. The van der Waals surface area contributed by atoms with Crippen LogP contribution >= 0.6 is 0 Å². The van der Waals surface area contributed by atoms with Gasteiger partial charge in [0.1, 0.15) is 5.56 Å². The Morgan fingerprint density at radius 2 is 2.12 bits per heavy atom. The number of carbonyl (C=O) groups excluding carboxylic acids is 1. The molecule has 1 heterocycles. The highest BCUT2D eigenvalue weighted by atomic mass is 16.5. The molecule has 0 radical (unpaired) electrons. The van der Waals surface area contributed by atoms with Gasteiger partial charge in [-0.15, -0.1) is 0 Å². The van der Waals surface area contributed by atoms with Crippen molar-refractivity contribution in [1.82, 2.24) is 9.88 Å². The Bertz CT molecular complexity index is 428. The molecule has 92 valence electrons. The predicted octanol–water partition coefficient (Wildman–Crippen LogP) is 1.33. The molecule has 1 aliphatic carbocycles. The van der Waals surface area contributed by atoms with E-state index in [0.29, 0.717) is 17.1 Å². The normalized spacial score (nSPS) is 14.3. The second kappa shape index (κ2) is 4.61. The van der Waals surface area contributed by atoms with Crippen molar-refractivity contribution in [3.63, 3.8) is 0 Å². The smallest absolute Gasteiger partial charge is 0.258 e. The van der Waals surface area contributed by atoms with Gasteiger partial charge in [0.2, 0.25) is 0 Å². The Kier molecular flexibility index (Phi) is 3.17. The highest BCUT2D eigenvalue weighted by Gasteiger charge is 2.28. The first kappa shape index (κ1) is 11.7. The van der Waals surface area contributed by atoms with Crippen LogP contribution in [0.1, 0.15) is 23.2 Å². The maximum atomic E-state index is 12.0. The first-order valence-corrected chi connectivity index (χ1v) is 5.53. The van der Waals surface area contributed by atoms with Crippen LogP contribution in [0.4, 0.5) is 0 Å². The molecule has 1 amide bonds. The molecule has 0 saturated heterocycles. The minimum atomic E-state index is -0.132. The van der Waals surface area contributed by atoms with Gasteiger partial charge in [0.25, 0.3) is 5.91 Å². The molecule has 0 unspecified atom stereocenters. The molecular formula is C12H16N2O3. The third-order valence-electron chi connectivity index (χ3n) is 2.53. The second-order valence-electron chi connectivity index (χ2n) is 4.24. The Balaban J connectivity index is 2.37. The number of rotatable bonds is 4. The van der Waals surface area contributed by atoms with Crippen LogP contribution in [0.5, 0.6) is 11.5 Å². The molecule has 2 rings (SSSR count). The van der Waals surface area contributed by atoms with Gasteiger partial charge in [0.15, 0.2) is 11.5 Å². The Hall–Kier alpha value is -1.78. The van der Waals surface area contributed by atoms with Crippen molar-refractivity contribution in [3.8, 4) is 11.5 Å². The summed E-state index contributed by atoms with van der Waals surface area (Å²) in [5, 5.41) is 0. The first-order chi connectivity index (χ1) is 8.13. The zero-order valence-corrected chi connectivity index (χ0v) is 10.3. The maximum Gasteiger partial charge on any atom is 0.258 e. The third kappa shape index (κ3) is 2.49. The summed E-state index contributed by atoms with van der Waals surface area (Å²) >= 11 is 0. The monoisotopic (exact) mass is 236 g/mol. The number of nitrogens with zero attached hydrogens (tertiary/aromatic N) is 2. The molecule has 1 aliphatic rings. The summed E-state index contributed by atoms with van der Waals surface area (Å²) in [6, 6.07) is 0. The van der Waals surface area contributed by atoms with Crippen molar-refractivity contribution in [2.24, 2.45) is 0 Å².